The van der Waals surface area contributed by atoms with Crippen LogP contribution in [-0.2, 0) is 5.75 Å². The van der Waals surface area contributed by atoms with E-state index in [-0.39, 0.29) is 6.61 Å². The molecule has 6 heteroatoms. The van der Waals surface area contributed by atoms with Crippen LogP contribution >= 0.6 is 11.8 Å². The number of rotatable bonds is 4. The van der Waals surface area contributed by atoms with E-state index in [1.807, 2.05) is 24.3 Å². The van der Waals surface area contributed by atoms with Crippen molar-refractivity contribution in [2.75, 3.05) is 18.1 Å². The molecule has 0 aliphatic carbocycles. The summed E-state index contributed by atoms with van der Waals surface area (Å²) in [5.41, 5.74) is 13.3. The van der Waals surface area contributed by atoms with Crippen LogP contribution in [0.2, 0.25) is 0 Å². The quantitative estimate of drug-likeness (QED) is 0.451. The molecule has 1 aromatic carbocycles. The number of aliphatic hydroxyl groups is 1. The SMILES string of the molecule is Nc1cc(N)nc(SCc2ccc(C#CCCO)cc2)n1. The van der Waals surface area contributed by atoms with Crippen molar-refractivity contribution in [1.82, 2.24) is 9.97 Å². The molecule has 21 heavy (non-hydrogen) atoms. The van der Waals surface area contributed by atoms with Gasteiger partial charge in [0.05, 0.1) is 6.61 Å². The van der Waals surface area contributed by atoms with Gasteiger partial charge in [0, 0.05) is 23.8 Å². The first-order valence-electron chi connectivity index (χ1n) is 6.39. The van der Waals surface area contributed by atoms with Crippen molar-refractivity contribution < 1.29 is 5.11 Å². The van der Waals surface area contributed by atoms with Crippen molar-refractivity contribution in [1.29, 1.82) is 0 Å². The summed E-state index contributed by atoms with van der Waals surface area (Å²) in [6, 6.07) is 9.45. The monoisotopic (exact) mass is 300 g/mol. The number of aromatic nitrogens is 2. The normalized spacial score (nSPS) is 9.95. The molecule has 0 unspecified atom stereocenters. The number of nitrogens with two attached hydrogens (primary N) is 2. The van der Waals surface area contributed by atoms with Crippen molar-refractivity contribution in [2.24, 2.45) is 0 Å². The number of hydrogen-bond acceptors (Lipinski definition) is 6. The zero-order valence-corrected chi connectivity index (χ0v) is 12.2. The Labute approximate surface area is 127 Å². The molecule has 0 bridgehead atoms. The zero-order chi connectivity index (χ0) is 15.1. The molecule has 5 N–H and O–H groups in total. The van der Waals surface area contributed by atoms with Gasteiger partial charge in [0.2, 0.25) is 0 Å². The minimum Gasteiger partial charge on any atom is -0.395 e. The predicted molar refractivity (Wildman–Crippen MR) is 85.4 cm³/mol. The lowest BCUT2D eigenvalue weighted by molar-refractivity contribution is 0.305. The molecule has 0 aliphatic rings. The molecule has 0 saturated heterocycles. The molecule has 0 amide bonds. The predicted octanol–water partition coefficient (Wildman–Crippen LogP) is 1.67. The third-order valence-corrected chi connectivity index (χ3v) is 3.46. The van der Waals surface area contributed by atoms with E-state index in [2.05, 4.69) is 21.8 Å². The second kappa shape index (κ2) is 7.53. The smallest absolute Gasteiger partial charge is 0.191 e. The molecule has 0 saturated carbocycles. The second-order valence-electron chi connectivity index (χ2n) is 4.26. The Balaban J connectivity index is 1.96. The molecular weight excluding hydrogens is 284 g/mol. The number of aliphatic hydroxyl groups excluding tert-OH is 1. The summed E-state index contributed by atoms with van der Waals surface area (Å²) < 4.78 is 0. The highest BCUT2D eigenvalue weighted by atomic mass is 32.2. The van der Waals surface area contributed by atoms with Gasteiger partial charge in [-0.3, -0.25) is 0 Å². The fourth-order valence-corrected chi connectivity index (χ4v) is 2.41. The maximum atomic E-state index is 8.67. The van der Waals surface area contributed by atoms with Gasteiger partial charge in [0.25, 0.3) is 0 Å². The van der Waals surface area contributed by atoms with Crippen LogP contribution in [0.25, 0.3) is 0 Å². The van der Waals surface area contributed by atoms with Crippen molar-refractivity contribution in [3.05, 3.63) is 41.5 Å². The third-order valence-electron chi connectivity index (χ3n) is 2.54. The van der Waals surface area contributed by atoms with Crippen LogP contribution in [0.1, 0.15) is 17.5 Å². The van der Waals surface area contributed by atoms with Gasteiger partial charge in [-0.1, -0.05) is 35.7 Å². The van der Waals surface area contributed by atoms with E-state index in [9.17, 15) is 0 Å². The molecule has 5 nitrogen and oxygen atoms in total. The van der Waals surface area contributed by atoms with E-state index in [0.717, 1.165) is 16.9 Å². The molecule has 2 rings (SSSR count). The highest BCUT2D eigenvalue weighted by molar-refractivity contribution is 7.98. The van der Waals surface area contributed by atoms with Gasteiger partial charge in [0.1, 0.15) is 11.6 Å². The molecule has 2 aromatic rings. The summed E-state index contributed by atoms with van der Waals surface area (Å²) in [4.78, 5) is 8.24. The summed E-state index contributed by atoms with van der Waals surface area (Å²) in [6.07, 6.45) is 0.492. The van der Waals surface area contributed by atoms with E-state index in [0.29, 0.717) is 23.2 Å². The van der Waals surface area contributed by atoms with E-state index in [4.69, 9.17) is 16.6 Å². The maximum Gasteiger partial charge on any atom is 0.191 e. The summed E-state index contributed by atoms with van der Waals surface area (Å²) in [5, 5.41) is 9.24. The average molecular weight is 300 g/mol. The lowest BCUT2D eigenvalue weighted by atomic mass is 10.1. The Hall–Kier alpha value is -2.23. The Kier molecular flexibility index (Phi) is 5.43. The minimum absolute atomic E-state index is 0.0884. The Bertz CT molecular complexity index is 641. The third kappa shape index (κ3) is 4.99. The average Bonchev–Trinajstić information content (AvgIpc) is 2.46. The van der Waals surface area contributed by atoms with Gasteiger partial charge in [-0.25, -0.2) is 9.97 Å². The summed E-state index contributed by atoms with van der Waals surface area (Å²) in [7, 11) is 0. The van der Waals surface area contributed by atoms with Crippen molar-refractivity contribution >= 4 is 23.4 Å². The first-order valence-corrected chi connectivity index (χ1v) is 7.37. The van der Waals surface area contributed by atoms with Crippen molar-refractivity contribution in [2.45, 2.75) is 17.3 Å². The van der Waals surface area contributed by atoms with Gasteiger partial charge >= 0.3 is 0 Å². The fourth-order valence-electron chi connectivity index (χ4n) is 1.58. The first kappa shape index (κ1) is 15.2. The van der Waals surface area contributed by atoms with Crippen LogP contribution in [0.4, 0.5) is 11.6 Å². The zero-order valence-electron chi connectivity index (χ0n) is 11.4. The van der Waals surface area contributed by atoms with Gasteiger partial charge in [-0.05, 0) is 17.7 Å². The second-order valence-corrected chi connectivity index (χ2v) is 5.20. The first-order chi connectivity index (χ1) is 10.2. The molecule has 108 valence electrons. The number of hydrogen-bond donors (Lipinski definition) is 3. The Morgan fingerprint density at radius 1 is 1.10 bits per heavy atom. The summed E-state index contributed by atoms with van der Waals surface area (Å²) in [6.45, 7) is 0.0884. The van der Waals surface area contributed by atoms with E-state index >= 15 is 0 Å². The molecule has 0 atom stereocenters. The molecular formula is C15H16N4OS. The summed E-state index contributed by atoms with van der Waals surface area (Å²) >= 11 is 1.48. The van der Waals surface area contributed by atoms with Crippen LogP contribution in [0.15, 0.2) is 35.5 Å². The van der Waals surface area contributed by atoms with E-state index in [1.165, 1.54) is 17.8 Å². The van der Waals surface area contributed by atoms with Crippen LogP contribution in [0.5, 0.6) is 0 Å². The number of benzene rings is 1. The topological polar surface area (TPSA) is 98.1 Å². The van der Waals surface area contributed by atoms with Gasteiger partial charge < -0.3 is 16.6 Å². The van der Waals surface area contributed by atoms with Gasteiger partial charge in [-0.2, -0.15) is 0 Å². The highest BCUT2D eigenvalue weighted by Gasteiger charge is 2.02. The van der Waals surface area contributed by atoms with Crippen LogP contribution in [0.3, 0.4) is 0 Å². The molecule has 0 fully saturated rings. The minimum atomic E-state index is 0.0884. The Morgan fingerprint density at radius 2 is 1.76 bits per heavy atom. The maximum absolute atomic E-state index is 8.67. The molecule has 1 aromatic heterocycles. The molecule has 0 spiro atoms. The Morgan fingerprint density at radius 3 is 2.38 bits per heavy atom. The summed E-state index contributed by atoms with van der Waals surface area (Å²) in [5.74, 6) is 7.35. The van der Waals surface area contributed by atoms with E-state index < -0.39 is 0 Å². The largest absolute Gasteiger partial charge is 0.395 e. The fraction of sp³-hybridized carbons (Fsp3) is 0.200. The highest BCUT2D eigenvalue weighted by Crippen LogP contribution is 2.21. The van der Waals surface area contributed by atoms with Crippen LogP contribution in [-0.4, -0.2) is 21.7 Å². The number of anilines is 2. The molecule has 0 aliphatic heterocycles. The molecule has 1 heterocycles. The molecule has 0 radical (unpaired) electrons. The number of thioether (sulfide) groups is 1. The lowest BCUT2D eigenvalue weighted by Crippen LogP contribution is -1.99. The van der Waals surface area contributed by atoms with Crippen molar-refractivity contribution in [3.8, 4) is 11.8 Å². The standard InChI is InChI=1S/C15H16N4OS/c16-13-9-14(17)19-15(18-13)21-10-12-6-4-11(5-7-12)3-1-2-8-20/h4-7,9,20H,2,8,10H2,(H4,16,17,18,19). The van der Waals surface area contributed by atoms with Gasteiger partial charge in [0.15, 0.2) is 5.16 Å². The van der Waals surface area contributed by atoms with E-state index in [1.54, 1.807) is 0 Å². The lowest BCUT2D eigenvalue weighted by Gasteiger charge is -2.03. The van der Waals surface area contributed by atoms with Crippen LogP contribution in [0, 0.1) is 11.8 Å². The number of nitrogen functional groups attached to an aromatic ring is 2. The van der Waals surface area contributed by atoms with Crippen molar-refractivity contribution in [3.63, 3.8) is 0 Å². The van der Waals surface area contributed by atoms with Gasteiger partial charge in [-0.15, -0.1) is 0 Å². The number of nitrogens with zero attached hydrogens (tertiary/aromatic N) is 2. The van der Waals surface area contributed by atoms with Crippen LogP contribution < -0.4 is 11.5 Å².